The fourth-order valence-electron chi connectivity index (χ4n) is 2.75. The zero-order valence-corrected chi connectivity index (χ0v) is 15.4. The summed E-state index contributed by atoms with van der Waals surface area (Å²) in [5, 5.41) is 6.62. The van der Waals surface area contributed by atoms with Gasteiger partial charge in [0.2, 0.25) is 0 Å². The van der Waals surface area contributed by atoms with Crippen molar-refractivity contribution in [2.45, 2.75) is 6.04 Å². The number of azide groups is 1. The lowest BCUT2D eigenvalue weighted by Gasteiger charge is -2.27. The average Bonchev–Trinajstić information content (AvgIpc) is 2.71. The van der Waals surface area contributed by atoms with Crippen LogP contribution in [-0.4, -0.2) is 30.4 Å². The number of benzene rings is 1. The second-order valence-corrected chi connectivity index (χ2v) is 6.07. The van der Waals surface area contributed by atoms with Gasteiger partial charge in [-0.15, -0.1) is 0 Å². The van der Waals surface area contributed by atoms with Crippen LogP contribution in [0.5, 0.6) is 0 Å². The maximum absolute atomic E-state index is 13.5. The predicted molar refractivity (Wildman–Crippen MR) is 101 cm³/mol. The van der Waals surface area contributed by atoms with Gasteiger partial charge in [-0.1, -0.05) is 28.8 Å². The van der Waals surface area contributed by atoms with Gasteiger partial charge in [0.15, 0.2) is 5.84 Å². The van der Waals surface area contributed by atoms with E-state index >= 15 is 0 Å². The van der Waals surface area contributed by atoms with Crippen molar-refractivity contribution in [3.8, 4) is 0 Å². The van der Waals surface area contributed by atoms with Crippen LogP contribution in [0, 0.1) is 5.82 Å². The molecule has 1 aliphatic heterocycles. The van der Waals surface area contributed by atoms with Gasteiger partial charge >= 0.3 is 5.97 Å². The number of pyridine rings is 1. The first kappa shape index (κ1) is 19.3. The quantitative estimate of drug-likeness (QED) is 0.357. The highest BCUT2D eigenvalue weighted by Gasteiger charge is 2.33. The minimum Gasteiger partial charge on any atom is -0.466 e. The maximum atomic E-state index is 13.5. The second kappa shape index (κ2) is 8.51. The number of ether oxygens (including phenoxy) is 1. The van der Waals surface area contributed by atoms with E-state index in [0.29, 0.717) is 22.8 Å². The third-order valence-corrected chi connectivity index (χ3v) is 4.32. The van der Waals surface area contributed by atoms with E-state index in [2.05, 4.69) is 25.3 Å². The van der Waals surface area contributed by atoms with Crippen LogP contribution in [-0.2, 0) is 9.53 Å². The van der Waals surface area contributed by atoms with Crippen molar-refractivity contribution in [2.24, 2.45) is 10.1 Å². The van der Waals surface area contributed by atoms with Crippen LogP contribution in [0.25, 0.3) is 10.4 Å². The number of amidine groups is 1. The largest absolute Gasteiger partial charge is 0.466 e. The third-order valence-electron chi connectivity index (χ3n) is 3.99. The van der Waals surface area contributed by atoms with Gasteiger partial charge in [0.1, 0.15) is 17.6 Å². The molecule has 1 atom stereocenters. The van der Waals surface area contributed by atoms with E-state index in [1.54, 1.807) is 24.4 Å². The van der Waals surface area contributed by atoms with E-state index in [4.69, 9.17) is 21.9 Å². The van der Waals surface area contributed by atoms with Gasteiger partial charge in [0, 0.05) is 27.4 Å². The number of rotatable bonds is 5. The first-order valence-corrected chi connectivity index (χ1v) is 8.46. The molecule has 0 amide bonds. The molecular formula is C18H14ClFN6O2. The lowest BCUT2D eigenvalue weighted by atomic mass is 9.95. The number of hydrogen-bond acceptors (Lipinski definition) is 6. The summed E-state index contributed by atoms with van der Waals surface area (Å²) >= 11 is 6.22. The molecule has 0 radical (unpaired) electrons. The van der Waals surface area contributed by atoms with Crippen molar-refractivity contribution in [3.63, 3.8) is 0 Å². The van der Waals surface area contributed by atoms with Crippen LogP contribution in [0.4, 0.5) is 4.39 Å². The van der Waals surface area contributed by atoms with Crippen molar-refractivity contribution in [1.29, 1.82) is 0 Å². The smallest absolute Gasteiger partial charge is 0.338 e. The van der Waals surface area contributed by atoms with Gasteiger partial charge in [-0.25, -0.2) is 9.18 Å². The molecule has 2 aromatic rings. The van der Waals surface area contributed by atoms with Crippen molar-refractivity contribution in [1.82, 2.24) is 10.3 Å². The fourth-order valence-corrected chi connectivity index (χ4v) is 3.02. The van der Waals surface area contributed by atoms with Gasteiger partial charge in [0.05, 0.1) is 19.2 Å². The molecule has 142 valence electrons. The Morgan fingerprint density at radius 2 is 2.25 bits per heavy atom. The summed E-state index contributed by atoms with van der Waals surface area (Å²) in [6, 6.07) is 8.16. The van der Waals surface area contributed by atoms with Crippen LogP contribution in [0.15, 0.2) is 64.0 Å². The van der Waals surface area contributed by atoms with Crippen LogP contribution in [0.1, 0.15) is 17.3 Å². The Morgan fingerprint density at radius 1 is 1.43 bits per heavy atom. The summed E-state index contributed by atoms with van der Waals surface area (Å²) in [6.45, 7) is -0.151. The molecule has 0 saturated carbocycles. The molecule has 1 unspecified atom stereocenters. The summed E-state index contributed by atoms with van der Waals surface area (Å²) in [6.07, 6.45) is 1.59. The van der Waals surface area contributed by atoms with Gasteiger partial charge in [-0.3, -0.25) is 9.98 Å². The van der Waals surface area contributed by atoms with Crippen molar-refractivity contribution in [2.75, 3.05) is 13.7 Å². The van der Waals surface area contributed by atoms with E-state index in [-0.39, 0.29) is 17.1 Å². The molecular weight excluding hydrogens is 387 g/mol. The monoisotopic (exact) mass is 400 g/mol. The third kappa shape index (κ3) is 3.95. The fraction of sp³-hybridized carbons (Fsp3) is 0.167. The Labute approximate surface area is 164 Å². The molecule has 10 heteroatoms. The molecule has 0 fully saturated rings. The van der Waals surface area contributed by atoms with Crippen molar-refractivity contribution >= 4 is 23.4 Å². The Morgan fingerprint density at radius 3 is 2.89 bits per heavy atom. The highest BCUT2D eigenvalue weighted by Crippen LogP contribution is 2.36. The van der Waals surface area contributed by atoms with Crippen LogP contribution >= 0.6 is 11.6 Å². The summed E-state index contributed by atoms with van der Waals surface area (Å²) in [5.74, 6) is -0.846. The number of esters is 1. The number of methoxy groups -OCH3 is 1. The van der Waals surface area contributed by atoms with E-state index < -0.39 is 17.8 Å². The summed E-state index contributed by atoms with van der Waals surface area (Å²) in [7, 11) is 1.22. The number of aliphatic imine (C=N–C) groups is 1. The van der Waals surface area contributed by atoms with E-state index in [0.717, 1.165) is 6.07 Å². The molecule has 0 spiro atoms. The van der Waals surface area contributed by atoms with E-state index in [9.17, 15) is 9.18 Å². The summed E-state index contributed by atoms with van der Waals surface area (Å²) in [4.78, 5) is 24.0. The SMILES string of the molecule is COC(=O)C1=C(CN=[N+]=[N-])NC(c2ccccn2)=NC1c1ccc(F)cc1Cl. The molecule has 3 rings (SSSR count). The first-order valence-electron chi connectivity index (χ1n) is 8.08. The lowest BCUT2D eigenvalue weighted by molar-refractivity contribution is -0.136. The Balaban J connectivity index is 2.20. The van der Waals surface area contributed by atoms with Gasteiger partial charge in [-0.2, -0.15) is 0 Å². The minimum absolute atomic E-state index is 0.0977. The minimum atomic E-state index is -0.900. The zero-order valence-electron chi connectivity index (χ0n) is 14.6. The van der Waals surface area contributed by atoms with E-state index in [1.165, 1.54) is 19.2 Å². The average molecular weight is 401 g/mol. The number of halogens is 2. The van der Waals surface area contributed by atoms with Gasteiger partial charge in [-0.05, 0) is 29.8 Å². The number of hydrogen-bond donors (Lipinski definition) is 1. The van der Waals surface area contributed by atoms with E-state index in [1.807, 2.05) is 0 Å². The Hall–Kier alpha value is -3.42. The van der Waals surface area contributed by atoms with Crippen LogP contribution in [0.3, 0.4) is 0 Å². The van der Waals surface area contributed by atoms with Crippen LogP contribution in [0.2, 0.25) is 5.02 Å². The highest BCUT2D eigenvalue weighted by atomic mass is 35.5. The molecule has 2 heterocycles. The van der Waals surface area contributed by atoms with Gasteiger partial charge < -0.3 is 10.1 Å². The molecule has 8 nitrogen and oxygen atoms in total. The first-order chi connectivity index (χ1) is 13.5. The molecule has 1 N–H and O–H groups in total. The molecule has 0 saturated heterocycles. The number of aromatic nitrogens is 1. The predicted octanol–water partition coefficient (Wildman–Crippen LogP) is 3.70. The number of carbonyl (C=O) groups is 1. The molecule has 1 aromatic carbocycles. The number of carbonyl (C=O) groups excluding carboxylic acids is 1. The molecule has 1 aliphatic rings. The van der Waals surface area contributed by atoms with Crippen molar-refractivity contribution < 1.29 is 13.9 Å². The summed E-state index contributed by atoms with van der Waals surface area (Å²) < 4.78 is 18.4. The number of nitrogens with one attached hydrogen (secondary N) is 1. The molecule has 0 bridgehead atoms. The highest BCUT2D eigenvalue weighted by molar-refractivity contribution is 6.31. The standard InChI is InChI=1S/C18H14ClFN6O2/c1-28-18(27)15-14(9-23-26-21)24-17(13-4-2-3-7-22-13)25-16(15)11-6-5-10(20)8-12(11)19/h2-8,16H,9H2,1H3,(H,24,25). The van der Waals surface area contributed by atoms with Crippen LogP contribution < -0.4 is 5.32 Å². The summed E-state index contributed by atoms with van der Waals surface area (Å²) in [5.41, 5.74) is 10.0. The zero-order chi connectivity index (χ0) is 20.1. The topological polar surface area (TPSA) is 112 Å². The lowest BCUT2D eigenvalue weighted by Crippen LogP contribution is -2.35. The second-order valence-electron chi connectivity index (χ2n) is 5.66. The van der Waals surface area contributed by atoms with Gasteiger partial charge in [0.25, 0.3) is 0 Å². The molecule has 28 heavy (non-hydrogen) atoms. The Kier molecular flexibility index (Phi) is 5.88. The molecule has 1 aromatic heterocycles. The Bertz CT molecular complexity index is 1020. The van der Waals surface area contributed by atoms with Crippen molar-refractivity contribution in [3.05, 3.63) is 86.4 Å². The molecule has 0 aliphatic carbocycles. The number of nitrogens with zero attached hydrogens (tertiary/aromatic N) is 5. The normalized spacial score (nSPS) is 16.0. The maximum Gasteiger partial charge on any atom is 0.338 e.